The molecule has 2 heteroatoms. The van der Waals surface area contributed by atoms with Crippen molar-refractivity contribution in [3.05, 3.63) is 54.1 Å². The molecule has 1 N–H and O–H groups in total. The third-order valence-corrected chi connectivity index (χ3v) is 4.78. The molecule has 0 aliphatic heterocycles. The molecule has 1 atom stereocenters. The maximum Gasteiger partial charge on any atom is 0.313 e. The predicted octanol–water partition coefficient (Wildman–Crippen LogP) is 5.85. The lowest BCUT2D eigenvalue weighted by Gasteiger charge is -2.28. The average Bonchev–Trinajstić information content (AvgIpc) is 2.59. The fourth-order valence-corrected chi connectivity index (χ4v) is 3.19. The molecule has 1 aliphatic rings. The molecular formula is C21H28O2. The minimum absolute atomic E-state index is 0.595. The standard InChI is InChI=1S/C21H28O2/c1-2-3-4-5-6-10-15-21(20(22)23)16-13-19(14-17-21)18-11-8-7-9-12-18/h7-9,11-14,16H,2-6,10,15,17H2,1H3,(H,22,23). The van der Waals surface area contributed by atoms with Gasteiger partial charge in [-0.2, -0.15) is 0 Å². The molecule has 1 aromatic carbocycles. The van der Waals surface area contributed by atoms with Crippen LogP contribution in [0.3, 0.4) is 0 Å². The van der Waals surface area contributed by atoms with Crippen LogP contribution in [0.1, 0.15) is 63.9 Å². The molecule has 124 valence electrons. The van der Waals surface area contributed by atoms with Crippen molar-refractivity contribution in [1.29, 1.82) is 0 Å². The number of hydrogen-bond donors (Lipinski definition) is 1. The molecule has 1 unspecified atom stereocenters. The summed E-state index contributed by atoms with van der Waals surface area (Å²) < 4.78 is 0. The summed E-state index contributed by atoms with van der Waals surface area (Å²) in [7, 11) is 0. The van der Waals surface area contributed by atoms with E-state index in [0.29, 0.717) is 6.42 Å². The lowest BCUT2D eigenvalue weighted by molar-refractivity contribution is -0.146. The molecule has 0 amide bonds. The molecule has 2 rings (SSSR count). The Morgan fingerprint density at radius 1 is 1.09 bits per heavy atom. The van der Waals surface area contributed by atoms with E-state index >= 15 is 0 Å². The highest BCUT2D eigenvalue weighted by Gasteiger charge is 2.35. The van der Waals surface area contributed by atoms with E-state index in [1.807, 2.05) is 30.4 Å². The Morgan fingerprint density at radius 2 is 1.78 bits per heavy atom. The number of allylic oxidation sites excluding steroid dienone is 3. The third-order valence-electron chi connectivity index (χ3n) is 4.78. The van der Waals surface area contributed by atoms with Crippen molar-refractivity contribution in [3.8, 4) is 0 Å². The van der Waals surface area contributed by atoms with Gasteiger partial charge in [0.15, 0.2) is 0 Å². The SMILES string of the molecule is CCCCCCCCC1(C(=O)O)C=CC(c2ccccc2)=CC1. The molecule has 0 bridgehead atoms. The number of carboxylic acids is 1. The van der Waals surface area contributed by atoms with Crippen molar-refractivity contribution >= 4 is 11.5 Å². The second-order valence-corrected chi connectivity index (χ2v) is 6.54. The first kappa shape index (κ1) is 17.5. The van der Waals surface area contributed by atoms with Crippen LogP contribution in [0.15, 0.2) is 48.6 Å². The van der Waals surface area contributed by atoms with Gasteiger partial charge >= 0.3 is 5.97 Å². The van der Waals surface area contributed by atoms with Crippen LogP contribution in [-0.2, 0) is 4.79 Å². The molecule has 0 saturated heterocycles. The lowest BCUT2D eigenvalue weighted by Crippen LogP contribution is -2.29. The molecule has 1 aliphatic carbocycles. The molecule has 0 fully saturated rings. The second-order valence-electron chi connectivity index (χ2n) is 6.54. The highest BCUT2D eigenvalue weighted by Crippen LogP contribution is 2.38. The minimum atomic E-state index is -0.705. The van der Waals surface area contributed by atoms with Crippen LogP contribution in [0.2, 0.25) is 0 Å². The Bertz CT molecular complexity index is 556. The van der Waals surface area contributed by atoms with E-state index in [-0.39, 0.29) is 0 Å². The van der Waals surface area contributed by atoms with Crippen LogP contribution in [0.5, 0.6) is 0 Å². The van der Waals surface area contributed by atoms with Gasteiger partial charge in [-0.3, -0.25) is 4.79 Å². The normalized spacial score (nSPS) is 20.3. The van der Waals surface area contributed by atoms with Crippen molar-refractivity contribution in [2.24, 2.45) is 5.41 Å². The fourth-order valence-electron chi connectivity index (χ4n) is 3.19. The average molecular weight is 312 g/mol. The van der Waals surface area contributed by atoms with E-state index in [4.69, 9.17) is 0 Å². The molecular weight excluding hydrogens is 284 g/mol. The van der Waals surface area contributed by atoms with E-state index in [1.165, 1.54) is 25.7 Å². The number of carbonyl (C=O) groups is 1. The summed E-state index contributed by atoms with van der Waals surface area (Å²) in [4.78, 5) is 11.8. The van der Waals surface area contributed by atoms with Crippen LogP contribution in [0.4, 0.5) is 0 Å². The topological polar surface area (TPSA) is 37.3 Å². The summed E-state index contributed by atoms with van der Waals surface area (Å²) in [6, 6.07) is 10.2. The van der Waals surface area contributed by atoms with Crippen LogP contribution in [-0.4, -0.2) is 11.1 Å². The summed E-state index contributed by atoms with van der Waals surface area (Å²) in [6.07, 6.45) is 14.5. The van der Waals surface area contributed by atoms with Gasteiger partial charge in [-0.25, -0.2) is 0 Å². The predicted molar refractivity (Wildman–Crippen MR) is 96.2 cm³/mol. The molecule has 0 heterocycles. The Balaban J connectivity index is 1.92. The number of rotatable bonds is 9. The zero-order valence-electron chi connectivity index (χ0n) is 14.1. The number of hydrogen-bond acceptors (Lipinski definition) is 1. The highest BCUT2D eigenvalue weighted by atomic mass is 16.4. The molecule has 1 aromatic rings. The Morgan fingerprint density at radius 3 is 2.39 bits per heavy atom. The van der Waals surface area contributed by atoms with Crippen molar-refractivity contribution in [3.63, 3.8) is 0 Å². The van der Waals surface area contributed by atoms with E-state index < -0.39 is 11.4 Å². The second kappa shape index (κ2) is 8.71. The summed E-state index contributed by atoms with van der Waals surface area (Å²) in [5, 5.41) is 9.71. The van der Waals surface area contributed by atoms with Gasteiger partial charge < -0.3 is 5.11 Å². The zero-order chi connectivity index (χ0) is 16.5. The Labute approximate surface area is 139 Å². The maximum atomic E-state index is 11.8. The highest BCUT2D eigenvalue weighted by molar-refractivity contribution is 5.83. The van der Waals surface area contributed by atoms with Gasteiger partial charge in [-0.05, 0) is 24.0 Å². The molecule has 0 spiro atoms. The van der Waals surface area contributed by atoms with Gasteiger partial charge in [0, 0.05) is 0 Å². The van der Waals surface area contributed by atoms with Gasteiger partial charge in [0.05, 0.1) is 5.41 Å². The first-order valence-corrected chi connectivity index (χ1v) is 8.86. The smallest absolute Gasteiger partial charge is 0.313 e. The minimum Gasteiger partial charge on any atom is -0.481 e. The lowest BCUT2D eigenvalue weighted by atomic mass is 9.75. The molecule has 2 nitrogen and oxygen atoms in total. The van der Waals surface area contributed by atoms with Crippen LogP contribution in [0, 0.1) is 5.41 Å². The summed E-state index contributed by atoms with van der Waals surface area (Å²) in [5.74, 6) is -0.689. The molecule has 0 aromatic heterocycles. The number of benzene rings is 1. The molecule has 0 saturated carbocycles. The van der Waals surface area contributed by atoms with Crippen LogP contribution < -0.4 is 0 Å². The summed E-state index contributed by atoms with van der Waals surface area (Å²) in [6.45, 7) is 2.21. The van der Waals surface area contributed by atoms with Gasteiger partial charge in [0.2, 0.25) is 0 Å². The zero-order valence-corrected chi connectivity index (χ0v) is 14.1. The van der Waals surface area contributed by atoms with Crippen molar-refractivity contribution in [1.82, 2.24) is 0 Å². The Hall–Kier alpha value is -1.83. The van der Waals surface area contributed by atoms with E-state index in [1.54, 1.807) is 0 Å². The largest absolute Gasteiger partial charge is 0.481 e. The van der Waals surface area contributed by atoms with Gasteiger partial charge in [-0.15, -0.1) is 0 Å². The van der Waals surface area contributed by atoms with Crippen LogP contribution >= 0.6 is 0 Å². The quantitative estimate of drug-likeness (QED) is 0.581. The molecule has 0 radical (unpaired) electrons. The first-order valence-electron chi connectivity index (χ1n) is 8.86. The van der Waals surface area contributed by atoms with Crippen molar-refractivity contribution in [2.45, 2.75) is 58.3 Å². The Kier molecular flexibility index (Phi) is 6.64. The maximum absolute atomic E-state index is 11.8. The number of unbranched alkanes of at least 4 members (excludes halogenated alkanes) is 5. The van der Waals surface area contributed by atoms with E-state index in [0.717, 1.165) is 30.4 Å². The van der Waals surface area contributed by atoms with Gasteiger partial charge in [0.25, 0.3) is 0 Å². The fraction of sp³-hybridized carbons (Fsp3) is 0.476. The first-order chi connectivity index (χ1) is 11.2. The summed E-state index contributed by atoms with van der Waals surface area (Å²) >= 11 is 0. The van der Waals surface area contributed by atoms with E-state index in [9.17, 15) is 9.90 Å². The van der Waals surface area contributed by atoms with Gasteiger partial charge in [-0.1, -0.05) is 94.0 Å². The van der Waals surface area contributed by atoms with Crippen molar-refractivity contribution < 1.29 is 9.90 Å². The molecule has 23 heavy (non-hydrogen) atoms. The number of carboxylic acid groups (broad SMARTS) is 1. The van der Waals surface area contributed by atoms with Gasteiger partial charge in [0.1, 0.15) is 0 Å². The van der Waals surface area contributed by atoms with E-state index in [2.05, 4.69) is 25.1 Å². The van der Waals surface area contributed by atoms with Crippen molar-refractivity contribution in [2.75, 3.05) is 0 Å². The summed E-state index contributed by atoms with van der Waals surface area (Å²) in [5.41, 5.74) is 1.58. The number of aliphatic carboxylic acids is 1. The van der Waals surface area contributed by atoms with Crippen LogP contribution in [0.25, 0.3) is 5.57 Å². The third kappa shape index (κ3) is 4.82. The monoisotopic (exact) mass is 312 g/mol.